The molecule has 2 aliphatic heterocycles. The van der Waals surface area contributed by atoms with Crippen LogP contribution in [0.5, 0.6) is 0 Å². The quantitative estimate of drug-likeness (QED) is 0.603. The van der Waals surface area contributed by atoms with Gasteiger partial charge in [-0.25, -0.2) is 9.98 Å². The summed E-state index contributed by atoms with van der Waals surface area (Å²) in [5, 5.41) is 0. The summed E-state index contributed by atoms with van der Waals surface area (Å²) in [4.78, 5) is 12.9. The lowest BCUT2D eigenvalue weighted by Gasteiger charge is -2.20. The number of allylic oxidation sites excluding steroid dienone is 1. The average Bonchev–Trinajstić information content (AvgIpc) is 2.08. The van der Waals surface area contributed by atoms with Crippen LogP contribution in [0.1, 0.15) is 13.8 Å². The van der Waals surface area contributed by atoms with E-state index in [-0.39, 0.29) is 11.9 Å². The Morgan fingerprint density at radius 3 is 2.71 bits per heavy atom. The summed E-state index contributed by atoms with van der Waals surface area (Å²) in [7, 11) is 0. The van der Waals surface area contributed by atoms with Crippen molar-refractivity contribution in [1.82, 2.24) is 0 Å². The van der Waals surface area contributed by atoms with Crippen LogP contribution in [0.15, 0.2) is 26.6 Å². The van der Waals surface area contributed by atoms with E-state index in [1.807, 2.05) is 19.9 Å². The van der Waals surface area contributed by atoms with Crippen LogP contribution < -0.4 is 5.73 Å². The zero-order chi connectivity index (χ0) is 10.3. The first-order valence-corrected chi connectivity index (χ1v) is 4.69. The van der Waals surface area contributed by atoms with Crippen LogP contribution in [0, 0.1) is 5.92 Å². The van der Waals surface area contributed by atoms with Gasteiger partial charge in [0, 0.05) is 5.71 Å². The minimum atomic E-state index is -0.0685. The van der Waals surface area contributed by atoms with Gasteiger partial charge in [-0.3, -0.25) is 0 Å². The van der Waals surface area contributed by atoms with Gasteiger partial charge < -0.3 is 5.73 Å². The minimum absolute atomic E-state index is 0.0685. The van der Waals surface area contributed by atoms with Gasteiger partial charge in [-0.05, 0) is 19.4 Å². The van der Waals surface area contributed by atoms with Gasteiger partial charge in [0.05, 0.1) is 5.92 Å². The number of nitrogens with two attached hydrogens (primary N) is 1. The number of aliphatic imine (C=N–C) groups is 3. The summed E-state index contributed by atoms with van der Waals surface area (Å²) >= 11 is 5.11. The Balaban J connectivity index is 2.49. The van der Waals surface area contributed by atoms with E-state index in [0.29, 0.717) is 10.8 Å². The number of dihydropyridines is 1. The molecule has 0 aliphatic carbocycles. The summed E-state index contributed by atoms with van der Waals surface area (Å²) < 4.78 is 0. The van der Waals surface area contributed by atoms with E-state index in [1.54, 1.807) is 0 Å². The molecule has 2 rings (SSSR count). The van der Waals surface area contributed by atoms with Gasteiger partial charge in [-0.2, -0.15) is 4.99 Å². The molecule has 4 nitrogen and oxygen atoms in total. The molecule has 14 heavy (non-hydrogen) atoms. The number of hydrogen-bond acceptors (Lipinski definition) is 4. The molecule has 5 heteroatoms. The van der Waals surface area contributed by atoms with Crippen LogP contribution in [0.3, 0.4) is 0 Å². The number of guanidine groups is 1. The van der Waals surface area contributed by atoms with E-state index in [0.717, 1.165) is 11.3 Å². The van der Waals surface area contributed by atoms with Crippen LogP contribution >= 0.6 is 12.2 Å². The number of nitrogens with zero attached hydrogens (tertiary/aromatic N) is 3. The van der Waals surface area contributed by atoms with Crippen molar-refractivity contribution in [2.24, 2.45) is 26.6 Å². The maximum atomic E-state index is 5.50. The van der Waals surface area contributed by atoms with E-state index in [9.17, 15) is 0 Å². The summed E-state index contributed by atoms with van der Waals surface area (Å²) in [6.45, 7) is 3.94. The first kappa shape index (κ1) is 9.21. The molecular formula is C9H10N4S. The van der Waals surface area contributed by atoms with Crippen molar-refractivity contribution in [3.63, 3.8) is 0 Å². The SMILES string of the molecule is CC1=CC2C(=S)N=C(N)N=C2N=C1C. The van der Waals surface area contributed by atoms with Crippen LogP contribution in [-0.2, 0) is 0 Å². The van der Waals surface area contributed by atoms with Gasteiger partial charge in [0.25, 0.3) is 0 Å². The zero-order valence-corrected chi connectivity index (χ0v) is 8.80. The molecule has 2 N–H and O–H groups in total. The Hall–Kier alpha value is -1.36. The zero-order valence-electron chi connectivity index (χ0n) is 7.98. The first-order chi connectivity index (χ1) is 6.58. The molecular weight excluding hydrogens is 196 g/mol. The molecule has 0 aromatic carbocycles. The molecule has 0 fully saturated rings. The van der Waals surface area contributed by atoms with Gasteiger partial charge >= 0.3 is 0 Å². The molecule has 72 valence electrons. The van der Waals surface area contributed by atoms with E-state index >= 15 is 0 Å². The fourth-order valence-electron chi connectivity index (χ4n) is 1.38. The van der Waals surface area contributed by atoms with Crippen molar-refractivity contribution < 1.29 is 0 Å². The lowest BCUT2D eigenvalue weighted by Crippen LogP contribution is -2.31. The van der Waals surface area contributed by atoms with Gasteiger partial charge in [0.2, 0.25) is 5.96 Å². The monoisotopic (exact) mass is 206 g/mol. The Kier molecular flexibility index (Phi) is 2.03. The third kappa shape index (κ3) is 1.39. The summed E-state index contributed by atoms with van der Waals surface area (Å²) in [6.07, 6.45) is 2.03. The summed E-state index contributed by atoms with van der Waals surface area (Å²) in [5.74, 6) is 0.789. The lowest BCUT2D eigenvalue weighted by atomic mass is 9.98. The van der Waals surface area contributed by atoms with Gasteiger partial charge in [-0.1, -0.05) is 18.3 Å². The lowest BCUT2D eigenvalue weighted by molar-refractivity contribution is 1.11. The van der Waals surface area contributed by atoms with E-state index in [1.165, 1.54) is 0 Å². The predicted molar refractivity (Wildman–Crippen MR) is 62.0 cm³/mol. The standard InChI is InChI=1S/C9H10N4S/c1-4-3-6-7(11-5(4)2)12-9(10)13-8(6)14/h3,6H,1-2H3,(H2,10,13,14). The number of hydrogen-bond donors (Lipinski definition) is 1. The minimum Gasteiger partial charge on any atom is -0.368 e. The Labute approximate surface area is 87.3 Å². The maximum Gasteiger partial charge on any atom is 0.222 e. The maximum absolute atomic E-state index is 5.50. The first-order valence-electron chi connectivity index (χ1n) is 4.28. The highest BCUT2D eigenvalue weighted by atomic mass is 32.1. The third-order valence-electron chi connectivity index (χ3n) is 2.27. The molecule has 1 unspecified atom stereocenters. The topological polar surface area (TPSA) is 63.1 Å². The largest absolute Gasteiger partial charge is 0.368 e. The molecule has 0 aromatic rings. The Morgan fingerprint density at radius 1 is 1.29 bits per heavy atom. The molecule has 0 aromatic heterocycles. The summed E-state index contributed by atoms with van der Waals surface area (Å²) in [6, 6.07) is 0. The van der Waals surface area contributed by atoms with Crippen molar-refractivity contribution in [3.05, 3.63) is 11.6 Å². The molecule has 1 atom stereocenters. The van der Waals surface area contributed by atoms with Crippen molar-refractivity contribution in [3.8, 4) is 0 Å². The molecule has 0 saturated carbocycles. The second-order valence-electron chi connectivity index (χ2n) is 3.30. The Morgan fingerprint density at radius 2 is 2.00 bits per heavy atom. The highest BCUT2D eigenvalue weighted by Gasteiger charge is 2.26. The number of rotatable bonds is 0. The van der Waals surface area contributed by atoms with Crippen LogP contribution in [0.25, 0.3) is 0 Å². The third-order valence-corrected chi connectivity index (χ3v) is 2.61. The Bertz CT molecular complexity index is 428. The number of fused-ring (bicyclic) bond motifs is 1. The van der Waals surface area contributed by atoms with Crippen molar-refractivity contribution in [1.29, 1.82) is 0 Å². The molecule has 2 aliphatic rings. The molecule has 0 amide bonds. The van der Waals surface area contributed by atoms with Crippen LogP contribution in [-0.4, -0.2) is 22.5 Å². The molecule has 2 heterocycles. The van der Waals surface area contributed by atoms with Gasteiger partial charge in [0.15, 0.2) is 0 Å². The van der Waals surface area contributed by atoms with Crippen molar-refractivity contribution in [2.75, 3.05) is 0 Å². The van der Waals surface area contributed by atoms with E-state index in [4.69, 9.17) is 18.0 Å². The van der Waals surface area contributed by atoms with Gasteiger partial charge in [-0.15, -0.1) is 0 Å². The van der Waals surface area contributed by atoms with E-state index < -0.39 is 0 Å². The van der Waals surface area contributed by atoms with Crippen LogP contribution in [0.2, 0.25) is 0 Å². The molecule has 0 radical (unpaired) electrons. The molecule has 0 bridgehead atoms. The fraction of sp³-hybridized carbons (Fsp3) is 0.333. The second-order valence-corrected chi connectivity index (χ2v) is 3.72. The smallest absolute Gasteiger partial charge is 0.222 e. The van der Waals surface area contributed by atoms with Gasteiger partial charge in [0.1, 0.15) is 10.8 Å². The molecule has 0 saturated heterocycles. The second kappa shape index (κ2) is 3.09. The molecule has 0 spiro atoms. The fourth-order valence-corrected chi connectivity index (χ4v) is 1.64. The van der Waals surface area contributed by atoms with Crippen molar-refractivity contribution in [2.45, 2.75) is 13.8 Å². The average molecular weight is 206 g/mol. The van der Waals surface area contributed by atoms with Crippen molar-refractivity contribution >= 4 is 34.7 Å². The highest BCUT2D eigenvalue weighted by Crippen LogP contribution is 2.20. The number of amidine groups is 1. The van der Waals surface area contributed by atoms with Crippen LogP contribution in [0.4, 0.5) is 0 Å². The summed E-state index contributed by atoms with van der Waals surface area (Å²) in [5.41, 5.74) is 7.57. The van der Waals surface area contributed by atoms with E-state index in [2.05, 4.69) is 15.0 Å². The number of thiocarbonyl (C=S) groups is 1. The predicted octanol–water partition coefficient (Wildman–Crippen LogP) is 1.08. The highest BCUT2D eigenvalue weighted by molar-refractivity contribution is 7.80. The normalized spacial score (nSPS) is 25.9.